The van der Waals surface area contributed by atoms with Crippen LogP contribution >= 0.6 is 28.3 Å². The first-order valence-electron chi connectivity index (χ1n) is 3.83. The molecule has 3 N–H and O–H groups in total. The van der Waals surface area contributed by atoms with E-state index in [2.05, 4.69) is 26.1 Å². The van der Waals surface area contributed by atoms with Crippen LogP contribution < -0.4 is 5.73 Å². The van der Waals surface area contributed by atoms with E-state index in [4.69, 9.17) is 5.73 Å². The summed E-state index contributed by atoms with van der Waals surface area (Å²) in [7, 11) is 0. The van der Waals surface area contributed by atoms with Crippen LogP contribution in [0.1, 0.15) is 0 Å². The van der Waals surface area contributed by atoms with Gasteiger partial charge in [-0.15, -0.1) is 12.4 Å². The first-order chi connectivity index (χ1) is 6.27. The lowest BCUT2D eigenvalue weighted by Crippen LogP contribution is -1.81. The van der Waals surface area contributed by atoms with E-state index >= 15 is 0 Å². The Morgan fingerprint density at radius 3 is 2.57 bits per heavy atom. The molecule has 0 aliphatic rings. The van der Waals surface area contributed by atoms with Gasteiger partial charge >= 0.3 is 0 Å². The number of nitrogens with one attached hydrogen (secondary N) is 1. The molecule has 0 atom stereocenters. The summed E-state index contributed by atoms with van der Waals surface area (Å²) in [5.74, 6) is 0.505. The summed E-state index contributed by atoms with van der Waals surface area (Å²) in [6, 6.07) is 9.72. The molecule has 14 heavy (non-hydrogen) atoms. The Hall–Kier alpha value is -1.00. The second-order valence-electron chi connectivity index (χ2n) is 2.69. The topological polar surface area (TPSA) is 54.7 Å². The first kappa shape index (κ1) is 11.1. The molecular weight excluding hydrogens is 265 g/mol. The lowest BCUT2D eigenvalue weighted by atomic mass is 10.2. The number of halogens is 2. The lowest BCUT2D eigenvalue weighted by molar-refractivity contribution is 1.10. The second-order valence-corrected chi connectivity index (χ2v) is 3.54. The quantitative estimate of drug-likeness (QED) is 0.840. The van der Waals surface area contributed by atoms with Gasteiger partial charge in [-0.05, 0) is 6.07 Å². The summed E-state index contributed by atoms with van der Waals surface area (Å²) in [4.78, 5) is 0. The molecule has 0 saturated carbocycles. The van der Waals surface area contributed by atoms with Crippen molar-refractivity contribution >= 4 is 34.2 Å². The maximum Gasteiger partial charge on any atom is 0.145 e. The highest BCUT2D eigenvalue weighted by atomic mass is 79.9. The van der Waals surface area contributed by atoms with Gasteiger partial charge in [0.25, 0.3) is 0 Å². The van der Waals surface area contributed by atoms with Crippen LogP contribution in [0.2, 0.25) is 0 Å². The van der Waals surface area contributed by atoms with Crippen molar-refractivity contribution in [2.45, 2.75) is 0 Å². The molecule has 0 radical (unpaired) electrons. The van der Waals surface area contributed by atoms with E-state index in [-0.39, 0.29) is 12.4 Å². The monoisotopic (exact) mass is 273 g/mol. The maximum atomic E-state index is 5.51. The number of aromatic amines is 1. The van der Waals surface area contributed by atoms with Crippen molar-refractivity contribution in [2.75, 3.05) is 5.73 Å². The molecule has 0 aliphatic heterocycles. The number of nitrogens with zero attached hydrogens (tertiary/aromatic N) is 1. The summed E-state index contributed by atoms with van der Waals surface area (Å²) >= 11 is 3.45. The van der Waals surface area contributed by atoms with E-state index in [9.17, 15) is 0 Å². The molecule has 0 spiro atoms. The minimum Gasteiger partial charge on any atom is -0.382 e. The van der Waals surface area contributed by atoms with Crippen LogP contribution in [0.5, 0.6) is 0 Å². The van der Waals surface area contributed by atoms with E-state index in [0.29, 0.717) is 5.82 Å². The van der Waals surface area contributed by atoms with Gasteiger partial charge in [-0.3, -0.25) is 5.10 Å². The zero-order chi connectivity index (χ0) is 9.26. The number of aromatic nitrogens is 2. The van der Waals surface area contributed by atoms with Crippen LogP contribution in [-0.4, -0.2) is 10.2 Å². The van der Waals surface area contributed by atoms with Crippen molar-refractivity contribution in [2.24, 2.45) is 0 Å². The second kappa shape index (κ2) is 4.48. The van der Waals surface area contributed by atoms with Crippen LogP contribution in [0, 0.1) is 0 Å². The third kappa shape index (κ3) is 2.08. The lowest BCUT2D eigenvalue weighted by Gasteiger charge is -1.98. The average Bonchev–Trinajstić information content (AvgIpc) is 2.53. The molecule has 74 valence electrons. The summed E-state index contributed by atoms with van der Waals surface area (Å²) in [5.41, 5.74) is 7.49. The normalized spacial score (nSPS) is 9.50. The Morgan fingerprint density at radius 1 is 1.29 bits per heavy atom. The van der Waals surface area contributed by atoms with E-state index in [1.165, 1.54) is 0 Å². The summed E-state index contributed by atoms with van der Waals surface area (Å²) in [5, 5.41) is 6.72. The molecule has 0 aliphatic carbocycles. The Bertz CT molecular complexity index is 428. The van der Waals surface area contributed by atoms with Gasteiger partial charge in [0.1, 0.15) is 5.82 Å². The number of H-pyrrole nitrogens is 1. The zero-order valence-electron chi connectivity index (χ0n) is 7.20. The largest absolute Gasteiger partial charge is 0.382 e. The standard InChI is InChI=1S/C9H8BrN3.ClH/c10-7-4-2-1-3-6(7)8-5-9(11)13-12-8;/h1-5H,(H3,11,12,13);1H. The molecule has 5 heteroatoms. The molecule has 2 rings (SSSR count). The third-order valence-corrected chi connectivity index (χ3v) is 2.45. The number of hydrogen-bond acceptors (Lipinski definition) is 2. The SMILES string of the molecule is Cl.Nc1cc(-c2ccccc2Br)[nH]n1. The Kier molecular flexibility index (Phi) is 3.55. The molecule has 1 aromatic heterocycles. The molecule has 0 bridgehead atoms. The molecule has 2 aromatic rings. The highest BCUT2D eigenvalue weighted by Crippen LogP contribution is 2.26. The van der Waals surface area contributed by atoms with Crippen LogP contribution in [0.15, 0.2) is 34.8 Å². The number of hydrogen-bond donors (Lipinski definition) is 2. The Labute approximate surface area is 96.2 Å². The summed E-state index contributed by atoms with van der Waals surface area (Å²) in [6.07, 6.45) is 0. The van der Waals surface area contributed by atoms with E-state index in [0.717, 1.165) is 15.7 Å². The first-order valence-corrected chi connectivity index (χ1v) is 4.62. The maximum absolute atomic E-state index is 5.51. The molecule has 0 saturated heterocycles. The number of anilines is 1. The van der Waals surface area contributed by atoms with Gasteiger partial charge in [0.15, 0.2) is 0 Å². The smallest absolute Gasteiger partial charge is 0.145 e. The number of nitrogen functional groups attached to an aromatic ring is 1. The van der Waals surface area contributed by atoms with Gasteiger partial charge in [-0.2, -0.15) is 5.10 Å². The number of benzene rings is 1. The van der Waals surface area contributed by atoms with Gasteiger partial charge < -0.3 is 5.73 Å². The molecule has 1 aromatic carbocycles. The van der Waals surface area contributed by atoms with Crippen LogP contribution in [-0.2, 0) is 0 Å². The number of rotatable bonds is 1. The number of nitrogens with two attached hydrogens (primary N) is 1. The van der Waals surface area contributed by atoms with Crippen molar-refractivity contribution in [3.8, 4) is 11.3 Å². The van der Waals surface area contributed by atoms with Crippen molar-refractivity contribution in [3.05, 3.63) is 34.8 Å². The molecular formula is C9H9BrClN3. The average molecular weight is 275 g/mol. The summed E-state index contributed by atoms with van der Waals surface area (Å²) in [6.45, 7) is 0. The summed E-state index contributed by atoms with van der Waals surface area (Å²) < 4.78 is 1.03. The van der Waals surface area contributed by atoms with Gasteiger partial charge in [0.05, 0.1) is 5.69 Å². The van der Waals surface area contributed by atoms with Crippen molar-refractivity contribution in [1.29, 1.82) is 0 Å². The van der Waals surface area contributed by atoms with E-state index < -0.39 is 0 Å². The highest BCUT2D eigenvalue weighted by molar-refractivity contribution is 9.10. The minimum absolute atomic E-state index is 0. The Morgan fingerprint density at radius 2 is 2.00 bits per heavy atom. The van der Waals surface area contributed by atoms with Crippen LogP contribution in [0.4, 0.5) is 5.82 Å². The van der Waals surface area contributed by atoms with Crippen molar-refractivity contribution < 1.29 is 0 Å². The van der Waals surface area contributed by atoms with Crippen molar-refractivity contribution in [3.63, 3.8) is 0 Å². The molecule has 0 unspecified atom stereocenters. The van der Waals surface area contributed by atoms with Gasteiger partial charge in [0.2, 0.25) is 0 Å². The van der Waals surface area contributed by atoms with Crippen molar-refractivity contribution in [1.82, 2.24) is 10.2 Å². The van der Waals surface area contributed by atoms with Crippen LogP contribution in [0.3, 0.4) is 0 Å². The predicted molar refractivity (Wildman–Crippen MR) is 63.4 cm³/mol. The Balaban J connectivity index is 0.000000980. The minimum atomic E-state index is 0. The fourth-order valence-corrected chi connectivity index (χ4v) is 1.65. The third-order valence-electron chi connectivity index (χ3n) is 1.76. The van der Waals surface area contributed by atoms with E-state index in [1.807, 2.05) is 24.3 Å². The van der Waals surface area contributed by atoms with Gasteiger partial charge in [0, 0.05) is 16.1 Å². The predicted octanol–water partition coefficient (Wildman–Crippen LogP) is 2.84. The fourth-order valence-electron chi connectivity index (χ4n) is 1.15. The van der Waals surface area contributed by atoms with Gasteiger partial charge in [-0.25, -0.2) is 0 Å². The molecule has 1 heterocycles. The van der Waals surface area contributed by atoms with E-state index in [1.54, 1.807) is 6.07 Å². The zero-order valence-corrected chi connectivity index (χ0v) is 9.60. The highest BCUT2D eigenvalue weighted by Gasteiger charge is 2.03. The molecule has 0 fully saturated rings. The molecule has 3 nitrogen and oxygen atoms in total. The fraction of sp³-hybridized carbons (Fsp3) is 0. The molecule has 0 amide bonds. The van der Waals surface area contributed by atoms with Gasteiger partial charge in [-0.1, -0.05) is 34.1 Å². The van der Waals surface area contributed by atoms with Crippen LogP contribution in [0.25, 0.3) is 11.3 Å².